The van der Waals surface area contributed by atoms with Gasteiger partial charge in [-0.3, -0.25) is 4.90 Å². The van der Waals surface area contributed by atoms with Crippen molar-refractivity contribution in [3.05, 3.63) is 0 Å². The first-order valence-electron chi connectivity index (χ1n) is 5.55. The molecule has 1 aliphatic rings. The molecule has 0 aromatic rings. The molecule has 0 spiro atoms. The van der Waals surface area contributed by atoms with Crippen LogP contribution < -0.4 is 5.32 Å². The highest BCUT2D eigenvalue weighted by Crippen LogP contribution is 2.09. The predicted molar refractivity (Wildman–Crippen MR) is 61.1 cm³/mol. The molecule has 82 valence electrons. The van der Waals surface area contributed by atoms with Gasteiger partial charge in [-0.25, -0.2) is 0 Å². The fraction of sp³-hybridized carbons (Fsp3) is 0.750. The Bertz CT molecular complexity index is 253. The Morgan fingerprint density at radius 1 is 1.53 bits per heavy atom. The van der Waals surface area contributed by atoms with Gasteiger partial charge in [-0.05, 0) is 19.8 Å². The topological polar surface area (TPSA) is 39.1 Å². The minimum Gasteiger partial charge on any atom is -0.313 e. The van der Waals surface area contributed by atoms with Crippen LogP contribution in [0.15, 0.2) is 0 Å². The standard InChI is InChI=1S/C12H19N3/c1-3-6-15-7-4-12(5-8-15)14-10-11(2)9-13/h1,11-12,14H,4-8,10H2,2H3. The average Bonchev–Trinajstić information content (AvgIpc) is 2.28. The normalized spacial score (nSPS) is 20.5. The van der Waals surface area contributed by atoms with E-state index in [-0.39, 0.29) is 5.92 Å². The molecular weight excluding hydrogens is 186 g/mol. The van der Waals surface area contributed by atoms with Crippen molar-refractivity contribution in [3.8, 4) is 18.4 Å². The molecule has 0 bridgehead atoms. The van der Waals surface area contributed by atoms with Crippen molar-refractivity contribution >= 4 is 0 Å². The maximum atomic E-state index is 8.66. The molecule has 0 aromatic heterocycles. The number of nitrogens with one attached hydrogen (secondary N) is 1. The van der Waals surface area contributed by atoms with E-state index in [1.807, 2.05) is 6.92 Å². The number of hydrogen-bond acceptors (Lipinski definition) is 3. The lowest BCUT2D eigenvalue weighted by Gasteiger charge is -2.31. The van der Waals surface area contributed by atoms with Crippen LogP contribution in [0.3, 0.4) is 0 Å². The van der Waals surface area contributed by atoms with E-state index in [9.17, 15) is 0 Å². The molecule has 1 aliphatic heterocycles. The Hall–Kier alpha value is -1.03. The first-order chi connectivity index (χ1) is 7.26. The summed E-state index contributed by atoms with van der Waals surface area (Å²) >= 11 is 0. The number of rotatable bonds is 4. The van der Waals surface area contributed by atoms with E-state index in [1.54, 1.807) is 0 Å². The van der Waals surface area contributed by atoms with Crippen molar-refractivity contribution < 1.29 is 0 Å². The van der Waals surface area contributed by atoms with Crippen LogP contribution >= 0.6 is 0 Å². The number of nitriles is 1. The van der Waals surface area contributed by atoms with Gasteiger partial charge < -0.3 is 5.32 Å². The minimum absolute atomic E-state index is 0.105. The molecule has 3 heteroatoms. The second-order valence-electron chi connectivity index (χ2n) is 4.19. The number of likely N-dealkylation sites (tertiary alicyclic amines) is 1. The zero-order chi connectivity index (χ0) is 11.1. The highest BCUT2D eigenvalue weighted by molar-refractivity contribution is 4.91. The van der Waals surface area contributed by atoms with Crippen molar-refractivity contribution in [1.29, 1.82) is 5.26 Å². The first kappa shape index (κ1) is 12.0. The summed E-state index contributed by atoms with van der Waals surface area (Å²) in [6.07, 6.45) is 7.54. The van der Waals surface area contributed by atoms with Crippen LogP contribution in [0.25, 0.3) is 0 Å². The maximum absolute atomic E-state index is 8.66. The summed E-state index contributed by atoms with van der Waals surface area (Å²) in [5.74, 6) is 2.78. The van der Waals surface area contributed by atoms with E-state index >= 15 is 0 Å². The molecule has 0 amide bonds. The number of nitrogens with zero attached hydrogens (tertiary/aromatic N) is 2. The third kappa shape index (κ3) is 4.34. The van der Waals surface area contributed by atoms with Gasteiger partial charge in [0.25, 0.3) is 0 Å². The van der Waals surface area contributed by atoms with E-state index in [0.717, 1.165) is 39.0 Å². The van der Waals surface area contributed by atoms with Gasteiger partial charge in [-0.1, -0.05) is 5.92 Å². The molecule has 1 rings (SSSR count). The molecule has 15 heavy (non-hydrogen) atoms. The second kappa shape index (κ2) is 6.45. The van der Waals surface area contributed by atoms with Crippen LogP contribution in [0, 0.1) is 29.6 Å². The fourth-order valence-electron chi connectivity index (χ4n) is 1.81. The van der Waals surface area contributed by atoms with Gasteiger partial charge in [0.05, 0.1) is 18.5 Å². The summed E-state index contributed by atoms with van der Waals surface area (Å²) < 4.78 is 0. The van der Waals surface area contributed by atoms with Crippen molar-refractivity contribution in [2.75, 3.05) is 26.2 Å². The van der Waals surface area contributed by atoms with Gasteiger partial charge >= 0.3 is 0 Å². The average molecular weight is 205 g/mol. The Morgan fingerprint density at radius 2 is 2.20 bits per heavy atom. The van der Waals surface area contributed by atoms with E-state index in [1.165, 1.54) is 0 Å². The molecule has 1 heterocycles. The number of hydrogen-bond donors (Lipinski definition) is 1. The van der Waals surface area contributed by atoms with E-state index < -0.39 is 0 Å². The van der Waals surface area contributed by atoms with Crippen molar-refractivity contribution in [2.24, 2.45) is 5.92 Å². The smallest absolute Gasteiger partial charge is 0.0666 e. The van der Waals surface area contributed by atoms with Gasteiger partial charge in [0.15, 0.2) is 0 Å². The summed E-state index contributed by atoms with van der Waals surface area (Å²) in [5.41, 5.74) is 0. The summed E-state index contributed by atoms with van der Waals surface area (Å²) in [5, 5.41) is 12.1. The number of piperidine rings is 1. The summed E-state index contributed by atoms with van der Waals surface area (Å²) in [7, 11) is 0. The Balaban J connectivity index is 2.16. The third-order valence-electron chi connectivity index (χ3n) is 2.84. The molecule has 1 atom stereocenters. The number of terminal acetylenes is 1. The zero-order valence-electron chi connectivity index (χ0n) is 9.37. The predicted octanol–water partition coefficient (Wildman–Crippen LogP) is 0.833. The van der Waals surface area contributed by atoms with Crippen LogP contribution in [-0.2, 0) is 0 Å². The Labute approximate surface area is 92.4 Å². The largest absolute Gasteiger partial charge is 0.313 e. The lowest BCUT2D eigenvalue weighted by molar-refractivity contribution is 0.216. The molecule has 1 saturated heterocycles. The van der Waals surface area contributed by atoms with Gasteiger partial charge in [-0.15, -0.1) is 6.42 Å². The van der Waals surface area contributed by atoms with Crippen LogP contribution in [0.4, 0.5) is 0 Å². The molecule has 1 N–H and O–H groups in total. The highest BCUT2D eigenvalue weighted by Gasteiger charge is 2.18. The molecule has 1 fully saturated rings. The van der Waals surface area contributed by atoms with Crippen LogP contribution in [0.5, 0.6) is 0 Å². The lowest BCUT2D eigenvalue weighted by atomic mass is 10.0. The monoisotopic (exact) mass is 205 g/mol. The Kier molecular flexibility index (Phi) is 5.18. The molecule has 0 aromatic carbocycles. The molecule has 0 aliphatic carbocycles. The molecule has 0 saturated carbocycles. The van der Waals surface area contributed by atoms with Crippen molar-refractivity contribution in [1.82, 2.24) is 10.2 Å². The molecule has 3 nitrogen and oxygen atoms in total. The maximum Gasteiger partial charge on any atom is 0.0666 e. The zero-order valence-corrected chi connectivity index (χ0v) is 9.37. The van der Waals surface area contributed by atoms with E-state index in [0.29, 0.717) is 6.04 Å². The SMILES string of the molecule is C#CCN1CCC(NCC(C)C#N)CC1. The van der Waals surface area contributed by atoms with Crippen LogP contribution in [-0.4, -0.2) is 37.1 Å². The first-order valence-corrected chi connectivity index (χ1v) is 5.55. The van der Waals surface area contributed by atoms with Gasteiger partial charge in [0.1, 0.15) is 0 Å². The van der Waals surface area contributed by atoms with Gasteiger partial charge in [-0.2, -0.15) is 5.26 Å². The van der Waals surface area contributed by atoms with Crippen molar-refractivity contribution in [2.45, 2.75) is 25.8 Å². The third-order valence-corrected chi connectivity index (χ3v) is 2.84. The van der Waals surface area contributed by atoms with E-state index in [4.69, 9.17) is 11.7 Å². The minimum atomic E-state index is 0.105. The highest BCUT2D eigenvalue weighted by atomic mass is 15.1. The lowest BCUT2D eigenvalue weighted by Crippen LogP contribution is -2.43. The summed E-state index contributed by atoms with van der Waals surface area (Å²) in [6, 6.07) is 2.80. The quantitative estimate of drug-likeness (QED) is 0.691. The molecular formula is C12H19N3. The molecule has 0 radical (unpaired) electrons. The van der Waals surface area contributed by atoms with Crippen LogP contribution in [0.1, 0.15) is 19.8 Å². The van der Waals surface area contributed by atoms with Gasteiger partial charge in [0, 0.05) is 25.7 Å². The Morgan fingerprint density at radius 3 is 2.73 bits per heavy atom. The van der Waals surface area contributed by atoms with E-state index in [2.05, 4.69) is 22.2 Å². The van der Waals surface area contributed by atoms with Gasteiger partial charge in [0.2, 0.25) is 0 Å². The van der Waals surface area contributed by atoms with Crippen LogP contribution in [0.2, 0.25) is 0 Å². The summed E-state index contributed by atoms with van der Waals surface area (Å²) in [4.78, 5) is 2.30. The fourth-order valence-corrected chi connectivity index (χ4v) is 1.81. The molecule has 1 unspecified atom stereocenters. The van der Waals surface area contributed by atoms with Crippen molar-refractivity contribution in [3.63, 3.8) is 0 Å². The summed E-state index contributed by atoms with van der Waals surface area (Å²) in [6.45, 7) is 5.66. The second-order valence-corrected chi connectivity index (χ2v) is 4.19.